The quantitative estimate of drug-likeness (QED) is 0.797. The highest BCUT2D eigenvalue weighted by molar-refractivity contribution is 6.28. The van der Waals surface area contributed by atoms with E-state index < -0.39 is 0 Å². The van der Waals surface area contributed by atoms with E-state index in [0.29, 0.717) is 23.6 Å². The summed E-state index contributed by atoms with van der Waals surface area (Å²) in [5, 5.41) is 13.6. The van der Waals surface area contributed by atoms with Crippen LogP contribution in [0, 0.1) is 0 Å². The largest absolute Gasteiger partial charge is 0.494 e. The van der Waals surface area contributed by atoms with Crippen molar-refractivity contribution in [3.63, 3.8) is 0 Å². The molecule has 3 rings (SSSR count). The summed E-state index contributed by atoms with van der Waals surface area (Å²) < 4.78 is 5.37. The Morgan fingerprint density at radius 3 is 3.10 bits per heavy atom. The highest BCUT2D eigenvalue weighted by atomic mass is 35.5. The third-order valence-corrected chi connectivity index (χ3v) is 3.69. The van der Waals surface area contributed by atoms with Gasteiger partial charge in [-0.3, -0.25) is 4.98 Å². The smallest absolute Gasteiger partial charge is 0.224 e. The summed E-state index contributed by atoms with van der Waals surface area (Å²) in [6.45, 7) is 2.25. The van der Waals surface area contributed by atoms with Crippen molar-refractivity contribution in [1.82, 2.24) is 20.3 Å². The van der Waals surface area contributed by atoms with Gasteiger partial charge in [0, 0.05) is 25.7 Å². The Kier molecular flexibility index (Phi) is 4.05. The number of fused-ring (bicyclic) bond motifs is 1. The molecule has 0 amide bonds. The number of aliphatic hydroxyl groups excluding tert-OH is 1. The van der Waals surface area contributed by atoms with Gasteiger partial charge >= 0.3 is 0 Å². The third kappa shape index (κ3) is 2.72. The maximum atomic E-state index is 9.34. The van der Waals surface area contributed by atoms with E-state index in [1.165, 1.54) is 0 Å². The van der Waals surface area contributed by atoms with Gasteiger partial charge in [-0.15, -0.1) is 0 Å². The fraction of sp³-hybridized carbons (Fsp3) is 0.462. The molecule has 2 N–H and O–H groups in total. The van der Waals surface area contributed by atoms with E-state index in [2.05, 4.69) is 25.2 Å². The molecule has 2 aromatic heterocycles. The van der Waals surface area contributed by atoms with Crippen molar-refractivity contribution in [3.8, 4) is 5.75 Å². The second-order valence-electron chi connectivity index (χ2n) is 4.83. The first-order chi connectivity index (χ1) is 10.2. The zero-order valence-electron chi connectivity index (χ0n) is 11.6. The number of aromatic nitrogens is 3. The highest BCUT2D eigenvalue weighted by Gasteiger charge is 2.23. The second-order valence-corrected chi connectivity index (χ2v) is 5.17. The molecule has 1 saturated heterocycles. The number of methoxy groups -OCH3 is 1. The molecule has 0 unspecified atom stereocenters. The van der Waals surface area contributed by atoms with Crippen LogP contribution in [0.15, 0.2) is 12.4 Å². The summed E-state index contributed by atoms with van der Waals surface area (Å²) in [4.78, 5) is 14.7. The van der Waals surface area contributed by atoms with Crippen LogP contribution in [-0.4, -0.2) is 59.5 Å². The van der Waals surface area contributed by atoms with Crippen molar-refractivity contribution in [2.45, 2.75) is 6.04 Å². The maximum Gasteiger partial charge on any atom is 0.224 e. The van der Waals surface area contributed by atoms with Gasteiger partial charge in [-0.05, 0) is 11.6 Å². The van der Waals surface area contributed by atoms with E-state index in [0.717, 1.165) is 18.5 Å². The molecule has 0 radical (unpaired) electrons. The lowest BCUT2D eigenvalue weighted by atomic mass is 10.2. The van der Waals surface area contributed by atoms with Gasteiger partial charge in [0.1, 0.15) is 11.6 Å². The molecule has 0 spiro atoms. The molecule has 7 nitrogen and oxygen atoms in total. The van der Waals surface area contributed by atoms with Crippen LogP contribution in [0.4, 0.5) is 5.82 Å². The minimum Gasteiger partial charge on any atom is -0.494 e. The lowest BCUT2D eigenvalue weighted by Crippen LogP contribution is -2.52. The topological polar surface area (TPSA) is 83.4 Å². The number of aliphatic hydroxyl groups is 1. The first kappa shape index (κ1) is 14.2. The molecule has 1 atom stereocenters. The van der Waals surface area contributed by atoms with Crippen LogP contribution in [0.1, 0.15) is 0 Å². The zero-order chi connectivity index (χ0) is 14.8. The standard InChI is InChI=1S/C13H16ClN5O2/c1-21-10-5-15-4-9-11(10)12(18-13(14)17-9)19-3-2-16-8(6-19)7-20/h4-5,8,16,20H,2-3,6-7H2,1H3/t8-/m1/s1. The van der Waals surface area contributed by atoms with Crippen molar-refractivity contribution in [2.75, 3.05) is 38.3 Å². The van der Waals surface area contributed by atoms with E-state index in [1.807, 2.05) is 0 Å². The van der Waals surface area contributed by atoms with Gasteiger partial charge < -0.3 is 20.1 Å². The molecule has 112 valence electrons. The lowest BCUT2D eigenvalue weighted by molar-refractivity contribution is 0.235. The maximum absolute atomic E-state index is 9.34. The van der Waals surface area contributed by atoms with Gasteiger partial charge in [0.05, 0.1) is 37.0 Å². The van der Waals surface area contributed by atoms with Gasteiger partial charge in [-0.2, -0.15) is 4.98 Å². The summed E-state index contributed by atoms with van der Waals surface area (Å²) in [6.07, 6.45) is 3.27. The van der Waals surface area contributed by atoms with Crippen molar-refractivity contribution in [2.24, 2.45) is 0 Å². The summed E-state index contributed by atoms with van der Waals surface area (Å²) >= 11 is 6.03. The number of piperazine rings is 1. The van der Waals surface area contributed by atoms with Crippen LogP contribution in [-0.2, 0) is 0 Å². The Hall–Kier alpha value is -1.70. The number of nitrogens with one attached hydrogen (secondary N) is 1. The second kappa shape index (κ2) is 5.97. The highest BCUT2D eigenvalue weighted by Crippen LogP contribution is 2.32. The zero-order valence-corrected chi connectivity index (χ0v) is 12.3. The summed E-state index contributed by atoms with van der Waals surface area (Å²) in [5.41, 5.74) is 0.642. The van der Waals surface area contributed by atoms with Crippen LogP contribution < -0.4 is 15.0 Å². The van der Waals surface area contributed by atoms with Crippen LogP contribution in [0.3, 0.4) is 0 Å². The first-order valence-electron chi connectivity index (χ1n) is 6.67. The molecule has 21 heavy (non-hydrogen) atoms. The number of halogens is 1. The molecule has 2 aromatic rings. The summed E-state index contributed by atoms with van der Waals surface area (Å²) in [7, 11) is 1.59. The summed E-state index contributed by atoms with van der Waals surface area (Å²) in [5.74, 6) is 1.32. The molecule has 0 aliphatic carbocycles. The van der Waals surface area contributed by atoms with Crippen molar-refractivity contribution in [1.29, 1.82) is 0 Å². The molecule has 0 bridgehead atoms. The van der Waals surface area contributed by atoms with Crippen LogP contribution in [0.2, 0.25) is 5.28 Å². The molecule has 8 heteroatoms. The van der Waals surface area contributed by atoms with Gasteiger partial charge in [0.25, 0.3) is 0 Å². The molecular weight excluding hydrogens is 294 g/mol. The Bertz CT molecular complexity index is 654. The number of hydrogen-bond donors (Lipinski definition) is 2. The van der Waals surface area contributed by atoms with Crippen LogP contribution >= 0.6 is 11.6 Å². The Labute approximate surface area is 126 Å². The number of rotatable bonds is 3. The number of nitrogens with zero attached hydrogens (tertiary/aromatic N) is 4. The fourth-order valence-corrected chi connectivity index (χ4v) is 2.70. The number of anilines is 1. The Morgan fingerprint density at radius 1 is 1.48 bits per heavy atom. The predicted octanol–water partition coefficient (Wildman–Crippen LogP) is 0.457. The van der Waals surface area contributed by atoms with E-state index in [1.54, 1.807) is 19.5 Å². The lowest BCUT2D eigenvalue weighted by Gasteiger charge is -2.34. The molecule has 1 fully saturated rings. The molecule has 1 aliphatic rings. The Morgan fingerprint density at radius 2 is 2.33 bits per heavy atom. The van der Waals surface area contributed by atoms with Gasteiger partial charge in [-0.25, -0.2) is 4.98 Å². The van der Waals surface area contributed by atoms with Crippen molar-refractivity contribution >= 4 is 28.3 Å². The average Bonchev–Trinajstić information content (AvgIpc) is 2.53. The van der Waals surface area contributed by atoms with Gasteiger partial charge in [-0.1, -0.05) is 0 Å². The molecular formula is C13H16ClN5O2. The number of pyridine rings is 1. The normalized spacial score (nSPS) is 19.0. The van der Waals surface area contributed by atoms with Crippen molar-refractivity contribution < 1.29 is 9.84 Å². The average molecular weight is 310 g/mol. The molecule has 0 saturated carbocycles. The minimum absolute atomic E-state index is 0.00960. The van der Waals surface area contributed by atoms with Crippen LogP contribution in [0.5, 0.6) is 5.75 Å². The SMILES string of the molecule is COc1cncc2nc(Cl)nc(N3CCN[C@@H](CO)C3)c12. The van der Waals surface area contributed by atoms with E-state index >= 15 is 0 Å². The number of hydrogen-bond acceptors (Lipinski definition) is 7. The fourth-order valence-electron chi connectivity index (χ4n) is 2.53. The van der Waals surface area contributed by atoms with Gasteiger partial charge in [0.2, 0.25) is 5.28 Å². The van der Waals surface area contributed by atoms with Crippen LogP contribution in [0.25, 0.3) is 10.9 Å². The third-order valence-electron chi connectivity index (χ3n) is 3.52. The monoisotopic (exact) mass is 309 g/mol. The van der Waals surface area contributed by atoms with E-state index in [9.17, 15) is 5.11 Å². The molecule has 3 heterocycles. The van der Waals surface area contributed by atoms with Crippen molar-refractivity contribution in [3.05, 3.63) is 17.7 Å². The van der Waals surface area contributed by atoms with E-state index in [-0.39, 0.29) is 17.9 Å². The first-order valence-corrected chi connectivity index (χ1v) is 7.05. The molecule has 1 aliphatic heterocycles. The summed E-state index contributed by atoms with van der Waals surface area (Å²) in [6, 6.07) is 0.00960. The predicted molar refractivity (Wildman–Crippen MR) is 80.0 cm³/mol. The Balaban J connectivity index is 2.12. The minimum atomic E-state index is 0.00960. The number of ether oxygens (including phenoxy) is 1. The van der Waals surface area contributed by atoms with Gasteiger partial charge in [0.15, 0.2) is 0 Å². The van der Waals surface area contributed by atoms with E-state index in [4.69, 9.17) is 16.3 Å². The molecule has 0 aromatic carbocycles.